The van der Waals surface area contributed by atoms with Crippen LogP contribution in [0.2, 0.25) is 10.0 Å². The highest BCUT2D eigenvalue weighted by atomic mass is 35.5. The molecule has 1 N–H and O–H groups in total. The van der Waals surface area contributed by atoms with Crippen molar-refractivity contribution in [2.75, 3.05) is 26.2 Å². The first kappa shape index (κ1) is 20.3. The third kappa shape index (κ3) is 5.22. The summed E-state index contributed by atoms with van der Waals surface area (Å²) in [6.07, 6.45) is 3.00. The minimum atomic E-state index is -0.618. The van der Waals surface area contributed by atoms with Crippen molar-refractivity contribution in [2.45, 2.75) is 19.9 Å². The van der Waals surface area contributed by atoms with Crippen molar-refractivity contribution in [3.8, 4) is 0 Å². The first-order chi connectivity index (χ1) is 12.3. The standard InChI is InChI=1S/C18H21Cl2N3O3/c1-12(2)21-17(25)18(26)23-10-8-22(9-11-23)16(24)7-6-13-14(19)4-3-5-15(13)20/h3-7,12H,8-11H2,1-2H3,(H,21,25)/b7-6+. The summed E-state index contributed by atoms with van der Waals surface area (Å²) >= 11 is 12.2. The summed E-state index contributed by atoms with van der Waals surface area (Å²) in [7, 11) is 0. The maximum atomic E-state index is 12.3. The molecule has 0 aromatic heterocycles. The highest BCUT2D eigenvalue weighted by Crippen LogP contribution is 2.25. The van der Waals surface area contributed by atoms with E-state index in [1.807, 2.05) is 0 Å². The van der Waals surface area contributed by atoms with Crippen LogP contribution in [0.15, 0.2) is 24.3 Å². The molecular weight excluding hydrogens is 377 g/mol. The second kappa shape index (κ2) is 9.05. The zero-order valence-electron chi connectivity index (χ0n) is 14.7. The number of carbonyl (C=O) groups is 3. The van der Waals surface area contributed by atoms with Gasteiger partial charge in [-0.25, -0.2) is 0 Å². The number of hydrogen-bond acceptors (Lipinski definition) is 3. The zero-order chi connectivity index (χ0) is 19.3. The molecule has 0 unspecified atom stereocenters. The lowest BCUT2D eigenvalue weighted by atomic mass is 10.2. The Hall–Kier alpha value is -2.05. The molecule has 0 spiro atoms. The van der Waals surface area contributed by atoms with Crippen LogP contribution in [0.5, 0.6) is 0 Å². The van der Waals surface area contributed by atoms with Crippen LogP contribution in [-0.4, -0.2) is 59.7 Å². The quantitative estimate of drug-likeness (QED) is 0.627. The van der Waals surface area contributed by atoms with Gasteiger partial charge in [0.2, 0.25) is 5.91 Å². The molecule has 3 amide bonds. The molecule has 1 heterocycles. The Bertz CT molecular complexity index is 706. The van der Waals surface area contributed by atoms with Gasteiger partial charge in [-0.15, -0.1) is 0 Å². The SMILES string of the molecule is CC(C)NC(=O)C(=O)N1CCN(C(=O)/C=C/c2c(Cl)cccc2Cl)CC1. The molecule has 1 fully saturated rings. The molecular formula is C18H21Cl2N3O3. The van der Waals surface area contributed by atoms with Crippen LogP contribution in [0.3, 0.4) is 0 Å². The molecule has 1 aromatic rings. The fourth-order valence-corrected chi connectivity index (χ4v) is 3.05. The number of piperazine rings is 1. The molecule has 0 bridgehead atoms. The van der Waals surface area contributed by atoms with Gasteiger partial charge in [0, 0.05) is 53.9 Å². The van der Waals surface area contributed by atoms with Crippen molar-refractivity contribution in [3.05, 3.63) is 39.9 Å². The van der Waals surface area contributed by atoms with Gasteiger partial charge in [0.1, 0.15) is 0 Å². The molecule has 1 aliphatic rings. The largest absolute Gasteiger partial charge is 0.346 e. The number of nitrogens with zero attached hydrogens (tertiary/aromatic N) is 2. The molecule has 26 heavy (non-hydrogen) atoms. The summed E-state index contributed by atoms with van der Waals surface area (Å²) in [4.78, 5) is 39.2. The maximum absolute atomic E-state index is 12.3. The van der Waals surface area contributed by atoms with Crippen LogP contribution in [0.4, 0.5) is 0 Å². The van der Waals surface area contributed by atoms with E-state index in [0.717, 1.165) is 0 Å². The smallest absolute Gasteiger partial charge is 0.312 e. The van der Waals surface area contributed by atoms with Gasteiger partial charge < -0.3 is 15.1 Å². The van der Waals surface area contributed by atoms with E-state index in [-0.39, 0.29) is 11.9 Å². The van der Waals surface area contributed by atoms with E-state index in [2.05, 4.69) is 5.32 Å². The van der Waals surface area contributed by atoms with Gasteiger partial charge in [-0.05, 0) is 32.1 Å². The lowest BCUT2D eigenvalue weighted by Crippen LogP contribution is -2.54. The van der Waals surface area contributed by atoms with Crippen LogP contribution < -0.4 is 5.32 Å². The summed E-state index contributed by atoms with van der Waals surface area (Å²) < 4.78 is 0. The number of halogens is 2. The molecule has 0 saturated carbocycles. The Labute approximate surface area is 162 Å². The van der Waals surface area contributed by atoms with Crippen LogP contribution in [0, 0.1) is 0 Å². The minimum Gasteiger partial charge on any atom is -0.346 e. The minimum absolute atomic E-state index is 0.101. The predicted octanol–water partition coefficient (Wildman–Crippen LogP) is 2.20. The Morgan fingerprint density at radius 2 is 1.58 bits per heavy atom. The van der Waals surface area contributed by atoms with Crippen molar-refractivity contribution in [1.29, 1.82) is 0 Å². The van der Waals surface area contributed by atoms with Crippen LogP contribution in [0.1, 0.15) is 19.4 Å². The summed E-state index contributed by atoms with van der Waals surface area (Å²) in [5, 5.41) is 3.51. The lowest BCUT2D eigenvalue weighted by molar-refractivity contribution is -0.148. The number of rotatable bonds is 3. The van der Waals surface area contributed by atoms with Gasteiger partial charge in [-0.1, -0.05) is 29.3 Å². The summed E-state index contributed by atoms with van der Waals surface area (Å²) in [5.41, 5.74) is 0.586. The van der Waals surface area contributed by atoms with E-state index in [1.165, 1.54) is 11.0 Å². The van der Waals surface area contributed by atoms with E-state index in [9.17, 15) is 14.4 Å². The molecule has 140 valence electrons. The molecule has 0 atom stereocenters. The number of amides is 3. The molecule has 1 aliphatic heterocycles. The van der Waals surface area contributed by atoms with E-state index in [0.29, 0.717) is 41.8 Å². The third-order valence-electron chi connectivity index (χ3n) is 3.88. The highest BCUT2D eigenvalue weighted by molar-refractivity contribution is 6.37. The van der Waals surface area contributed by atoms with Crippen LogP contribution >= 0.6 is 23.2 Å². The molecule has 0 aliphatic carbocycles. The second-order valence-corrected chi connectivity index (χ2v) is 7.03. The average molecular weight is 398 g/mol. The van der Waals surface area contributed by atoms with Crippen molar-refractivity contribution in [1.82, 2.24) is 15.1 Å². The van der Waals surface area contributed by atoms with Crippen molar-refractivity contribution in [2.24, 2.45) is 0 Å². The Morgan fingerprint density at radius 3 is 2.12 bits per heavy atom. The maximum Gasteiger partial charge on any atom is 0.312 e. The Balaban J connectivity index is 1.91. The van der Waals surface area contributed by atoms with Gasteiger partial charge in [0.05, 0.1) is 0 Å². The fraction of sp³-hybridized carbons (Fsp3) is 0.389. The molecule has 1 aromatic carbocycles. The van der Waals surface area contributed by atoms with Crippen molar-refractivity contribution in [3.63, 3.8) is 0 Å². The topological polar surface area (TPSA) is 69.7 Å². The molecule has 1 saturated heterocycles. The fourth-order valence-electron chi connectivity index (χ4n) is 2.53. The van der Waals surface area contributed by atoms with E-state index >= 15 is 0 Å². The zero-order valence-corrected chi connectivity index (χ0v) is 16.2. The highest BCUT2D eigenvalue weighted by Gasteiger charge is 2.27. The first-order valence-electron chi connectivity index (χ1n) is 8.30. The second-order valence-electron chi connectivity index (χ2n) is 6.21. The summed E-state index contributed by atoms with van der Waals surface area (Å²) in [6, 6.07) is 5.03. The molecule has 6 nitrogen and oxygen atoms in total. The van der Waals surface area contributed by atoms with Crippen molar-refractivity contribution >= 4 is 47.0 Å². The number of nitrogens with one attached hydrogen (secondary N) is 1. The molecule has 8 heteroatoms. The third-order valence-corrected chi connectivity index (χ3v) is 4.54. The predicted molar refractivity (Wildman–Crippen MR) is 102 cm³/mol. The lowest BCUT2D eigenvalue weighted by Gasteiger charge is -2.34. The summed E-state index contributed by atoms with van der Waals surface area (Å²) in [5.74, 6) is -1.38. The van der Waals surface area contributed by atoms with Crippen LogP contribution in [0.25, 0.3) is 6.08 Å². The normalized spacial score (nSPS) is 14.8. The molecule has 0 radical (unpaired) electrons. The number of benzene rings is 1. The van der Waals surface area contributed by atoms with E-state index < -0.39 is 11.8 Å². The van der Waals surface area contributed by atoms with Gasteiger partial charge in [-0.3, -0.25) is 14.4 Å². The Kier molecular flexibility index (Phi) is 7.06. The van der Waals surface area contributed by atoms with Crippen molar-refractivity contribution < 1.29 is 14.4 Å². The van der Waals surface area contributed by atoms with Gasteiger partial charge >= 0.3 is 11.8 Å². The Morgan fingerprint density at radius 1 is 1.04 bits per heavy atom. The van der Waals surface area contributed by atoms with E-state index in [1.54, 1.807) is 43.0 Å². The van der Waals surface area contributed by atoms with Gasteiger partial charge in [0.15, 0.2) is 0 Å². The van der Waals surface area contributed by atoms with Gasteiger partial charge in [0.25, 0.3) is 0 Å². The first-order valence-corrected chi connectivity index (χ1v) is 9.06. The number of carbonyl (C=O) groups excluding carboxylic acids is 3. The number of hydrogen-bond donors (Lipinski definition) is 1. The summed E-state index contributed by atoms with van der Waals surface area (Å²) in [6.45, 7) is 4.94. The average Bonchev–Trinajstić information content (AvgIpc) is 2.60. The van der Waals surface area contributed by atoms with E-state index in [4.69, 9.17) is 23.2 Å². The van der Waals surface area contributed by atoms with Gasteiger partial charge in [-0.2, -0.15) is 0 Å². The molecule has 2 rings (SSSR count). The monoisotopic (exact) mass is 397 g/mol. The van der Waals surface area contributed by atoms with Crippen LogP contribution in [-0.2, 0) is 14.4 Å².